The third-order valence-electron chi connectivity index (χ3n) is 17.9. The van der Waals surface area contributed by atoms with Gasteiger partial charge >= 0.3 is 6.09 Å². The second kappa shape index (κ2) is 41.7. The Morgan fingerprint density at radius 3 is 2.01 bits per heavy atom. The van der Waals surface area contributed by atoms with Gasteiger partial charge in [0.2, 0.25) is 29.5 Å². The van der Waals surface area contributed by atoms with Crippen LogP contribution in [0.3, 0.4) is 0 Å². The zero-order valence-electron chi connectivity index (χ0n) is 60.1. The van der Waals surface area contributed by atoms with E-state index in [1.165, 1.54) is 24.6 Å². The molecule has 0 aliphatic carbocycles. The van der Waals surface area contributed by atoms with E-state index in [0.717, 1.165) is 49.0 Å². The van der Waals surface area contributed by atoms with E-state index in [1.54, 1.807) is 0 Å². The maximum Gasteiger partial charge on any atom is 0.404 e. The Balaban J connectivity index is 1.16. The summed E-state index contributed by atoms with van der Waals surface area (Å²) in [5.74, 6) is -8.43. The molecule has 111 heavy (non-hydrogen) atoms. The maximum atomic E-state index is 15.3. The number of nitrogens with two attached hydrogens (primary N) is 6. The summed E-state index contributed by atoms with van der Waals surface area (Å²) in [6, 6.07) is -9.72. The van der Waals surface area contributed by atoms with Crippen molar-refractivity contribution in [3.63, 3.8) is 0 Å². The first-order valence-electron chi connectivity index (χ1n) is 34.5. The molecule has 25 atom stereocenters. The molecule has 620 valence electrons. The summed E-state index contributed by atoms with van der Waals surface area (Å²) in [6.45, 7) is 3.54. The monoisotopic (exact) mass is 1620 g/mol. The first-order valence-corrected chi connectivity index (χ1v) is 36.3. The van der Waals surface area contributed by atoms with Crippen molar-refractivity contribution in [3.8, 4) is 10.7 Å². The standard InChI is InChI=1S/C62H97N19O28S2/c1-21-36(77-51(79-49(21)66)26(12-33(64)88)71-14-25(63)50(67)97)53(99)78-38(46(27-15-69-20-72-27)106-61-48(42(93)39(90)31(16-84)105-61)107-60-44(95)47(108-62(68)102)40(91)32(17-85)104-60)55(101)73-22(2)30(87)13-34(89)76-37(23(3)86)54(100)80-56(109-59-43(94)41(92)35(65)24(4)103-59)45(96)58-75-29(19-111-58)57-74-28(18-110-57)52(98)70-6-5-7-81(8-10-82)9-11-83/h15,18-20,22-26,30-32,35,37-48,56,59-61,71,82-87,90-96H,5-14,16-17,63,65H2,1-4H3,(H2,64,88)(H2,67,97)(H2,68,102)(H,69,72)(H,70,98)(H,73,101)(H,76,89)(H,78,99)(H,80,100)(H2,66,77,79)/t22-,23-,24+,25+,26+,30+,31+,32-,35-,37+,38+,39-,40-,41-,42+,43-,44+,45?,46+,47+,48+,56?,59+,60-,61+/m1/s1. The van der Waals surface area contributed by atoms with Crippen molar-refractivity contribution in [1.29, 1.82) is 0 Å². The lowest BCUT2D eigenvalue weighted by Gasteiger charge is -2.47. The minimum Gasteiger partial charge on any atom is -0.441 e. The lowest BCUT2D eigenvalue weighted by atomic mass is 9.97. The van der Waals surface area contributed by atoms with E-state index >= 15 is 9.59 Å². The summed E-state index contributed by atoms with van der Waals surface area (Å²) in [6.07, 6.45) is -37.5. The number of nitrogens with zero attached hydrogens (tertiary/aromatic N) is 6. The Morgan fingerprint density at radius 1 is 0.721 bits per heavy atom. The second-order valence-corrected chi connectivity index (χ2v) is 27.9. The Bertz CT molecular complexity index is 3720. The molecular weight excluding hydrogens is 1520 g/mol. The van der Waals surface area contributed by atoms with Crippen molar-refractivity contribution in [2.45, 2.75) is 200 Å². The Labute approximate surface area is 639 Å². The number of aromatic amines is 1. The van der Waals surface area contributed by atoms with Crippen molar-refractivity contribution in [2.24, 2.45) is 28.7 Å². The Morgan fingerprint density at radius 2 is 1.39 bits per heavy atom. The van der Waals surface area contributed by atoms with Crippen LogP contribution in [0, 0.1) is 6.92 Å². The smallest absolute Gasteiger partial charge is 0.404 e. The highest BCUT2D eigenvalue weighted by Crippen LogP contribution is 2.36. The van der Waals surface area contributed by atoms with Crippen molar-refractivity contribution in [1.82, 2.24) is 66.7 Å². The van der Waals surface area contributed by atoms with Gasteiger partial charge in [0.25, 0.3) is 11.8 Å². The average Bonchev–Trinajstić information content (AvgIpc) is 1.13. The molecule has 7 heterocycles. The number of amides is 8. The highest BCUT2D eigenvalue weighted by Gasteiger charge is 2.54. The van der Waals surface area contributed by atoms with Gasteiger partial charge < -0.3 is 171 Å². The largest absolute Gasteiger partial charge is 0.441 e. The van der Waals surface area contributed by atoms with Gasteiger partial charge in [-0.3, -0.25) is 38.5 Å². The number of thiazole rings is 2. The number of aromatic nitrogens is 6. The van der Waals surface area contributed by atoms with Gasteiger partial charge in [-0.15, -0.1) is 22.7 Å². The van der Waals surface area contributed by atoms with Crippen molar-refractivity contribution in [2.75, 3.05) is 64.9 Å². The Hall–Kier alpha value is -8.01. The average molecular weight is 1620 g/mol. The molecule has 7 rings (SSSR count). The highest BCUT2D eigenvalue weighted by molar-refractivity contribution is 7.14. The molecule has 3 aliphatic heterocycles. The van der Waals surface area contributed by atoms with Crippen molar-refractivity contribution >= 4 is 75.9 Å². The number of nitrogens with one attached hydrogen (secondary N) is 7. The number of aliphatic hydroxyl groups is 13. The van der Waals surface area contributed by atoms with Gasteiger partial charge in [0.05, 0.1) is 93.5 Å². The molecule has 4 aromatic heterocycles. The third-order valence-corrected chi connectivity index (χ3v) is 19.7. The SMILES string of the molecule is Cc1c(N)nc([C@H](CC(N)=O)NC[C@H](N)C(N)=O)nc1C(=O)N[C@H](C(=O)N[C@H](C)[C@@H](O)CC(=O)N[C@H](C(=O)NC(O[C@@H]1O[C@@H](C)[C@@H](N)[C@@H](O)[C@H]1O)C(O)c1nc(-c2nc(C(=O)NCCCN(CCO)CCO)cs2)cs1)[C@@H](C)O)[C@@H](O[C@@H]1O[C@@H](CO)[C@@H](O)[C@H](O)[C@@H]1O[C@H]1O[C@H](CO)[C@@H](O)[C@H](OC(N)=O)[C@@H]1O)c1cnc[nH]1. The predicted octanol–water partition coefficient (Wildman–Crippen LogP) is -11.9. The summed E-state index contributed by atoms with van der Waals surface area (Å²) in [7, 11) is 0. The van der Waals surface area contributed by atoms with E-state index in [0.29, 0.717) is 26.1 Å². The van der Waals surface area contributed by atoms with Crippen LogP contribution in [0.15, 0.2) is 23.3 Å². The van der Waals surface area contributed by atoms with Crippen LogP contribution in [0.5, 0.6) is 0 Å². The normalized spacial score (nSPS) is 26.9. The fourth-order valence-corrected chi connectivity index (χ4v) is 13.2. The highest BCUT2D eigenvalue weighted by atomic mass is 32.1. The molecule has 0 bridgehead atoms. The first kappa shape index (κ1) is 90.2. The van der Waals surface area contributed by atoms with Gasteiger partial charge in [0, 0.05) is 48.9 Å². The first-order chi connectivity index (χ1) is 52.5. The van der Waals surface area contributed by atoms with Crippen LogP contribution in [0.1, 0.15) is 101 Å². The van der Waals surface area contributed by atoms with E-state index in [1.807, 2.05) is 4.90 Å². The van der Waals surface area contributed by atoms with E-state index in [-0.39, 0.29) is 52.4 Å². The summed E-state index contributed by atoms with van der Waals surface area (Å²) in [5.41, 5.74) is 33.3. The fourth-order valence-electron chi connectivity index (χ4n) is 11.5. The minimum atomic E-state index is -2.27. The third kappa shape index (κ3) is 23.8. The molecule has 0 radical (unpaired) electrons. The van der Waals surface area contributed by atoms with E-state index < -0.39 is 250 Å². The zero-order chi connectivity index (χ0) is 82.0. The number of H-pyrrole nitrogens is 1. The summed E-state index contributed by atoms with van der Waals surface area (Å²) in [5, 5.41) is 159. The number of rotatable bonds is 41. The van der Waals surface area contributed by atoms with Crippen molar-refractivity contribution < 1.29 is 138 Å². The minimum absolute atomic E-state index is 0.0189. The van der Waals surface area contributed by atoms with Crippen LogP contribution >= 0.6 is 22.7 Å². The molecule has 0 aromatic carbocycles. The lowest BCUT2D eigenvalue weighted by Crippen LogP contribution is -2.65. The number of ether oxygens (including phenoxy) is 7. The lowest BCUT2D eigenvalue weighted by molar-refractivity contribution is -0.372. The number of hydrogen-bond donors (Lipinski definition) is 26. The molecule has 32 N–H and O–H groups in total. The molecule has 0 spiro atoms. The van der Waals surface area contributed by atoms with Crippen LogP contribution in [0.2, 0.25) is 0 Å². The number of imidazole rings is 1. The number of carbonyl (C=O) groups is 8. The molecule has 2 unspecified atom stereocenters. The number of hydrogen-bond acceptors (Lipinski definition) is 40. The maximum absolute atomic E-state index is 15.3. The molecule has 3 aliphatic rings. The van der Waals surface area contributed by atoms with Gasteiger partial charge in [-0.25, -0.2) is 29.7 Å². The van der Waals surface area contributed by atoms with Crippen molar-refractivity contribution in [3.05, 3.63) is 56.8 Å². The van der Waals surface area contributed by atoms with Crippen LogP contribution in [0.25, 0.3) is 10.7 Å². The van der Waals surface area contributed by atoms with E-state index in [4.69, 9.17) is 67.6 Å². The van der Waals surface area contributed by atoms with Gasteiger partial charge in [-0.2, -0.15) is 0 Å². The van der Waals surface area contributed by atoms with Gasteiger partial charge in [0.15, 0.2) is 37.3 Å². The van der Waals surface area contributed by atoms with Gasteiger partial charge in [0.1, 0.15) is 112 Å². The molecule has 4 aromatic rings. The number of anilines is 1. The molecule has 47 nitrogen and oxygen atoms in total. The fraction of sp³-hybridized carbons (Fsp3) is 0.661. The molecule has 3 saturated heterocycles. The molecule has 3 fully saturated rings. The molecule has 8 amide bonds. The van der Waals surface area contributed by atoms with Crippen LogP contribution < -0.4 is 66.3 Å². The topological polar surface area (TPSA) is 776 Å². The summed E-state index contributed by atoms with van der Waals surface area (Å²) >= 11 is 1.84. The molecular formula is C62H97N19O28S2. The van der Waals surface area contributed by atoms with Crippen LogP contribution in [0.4, 0.5) is 10.6 Å². The van der Waals surface area contributed by atoms with E-state index in [2.05, 4.69) is 61.8 Å². The second-order valence-electron chi connectivity index (χ2n) is 26.2. The van der Waals surface area contributed by atoms with E-state index in [9.17, 15) is 95.2 Å². The Kier molecular flexibility index (Phi) is 33.9. The van der Waals surface area contributed by atoms with Gasteiger partial charge in [-0.1, -0.05) is 0 Å². The quantitative estimate of drug-likeness (QED) is 0.0145. The molecule has 0 saturated carbocycles. The predicted molar refractivity (Wildman–Crippen MR) is 376 cm³/mol. The number of primary amides is 3. The number of aliphatic hydroxyl groups excluding tert-OH is 13. The summed E-state index contributed by atoms with van der Waals surface area (Å²) < 4.78 is 40.4. The number of carbonyl (C=O) groups excluding carboxylic acids is 8. The molecule has 49 heteroatoms. The number of nitrogen functional groups attached to an aromatic ring is 1. The summed E-state index contributed by atoms with van der Waals surface area (Å²) in [4.78, 5) is 134. The van der Waals surface area contributed by atoms with Gasteiger partial charge in [-0.05, 0) is 40.7 Å². The van der Waals surface area contributed by atoms with Crippen LogP contribution in [-0.2, 0) is 57.1 Å². The zero-order valence-corrected chi connectivity index (χ0v) is 61.8. The van der Waals surface area contributed by atoms with Crippen LogP contribution in [-0.4, -0.2) is 342 Å².